The summed E-state index contributed by atoms with van der Waals surface area (Å²) in [7, 11) is 0. The first-order valence-electron chi connectivity index (χ1n) is 13.4. The Balaban J connectivity index is 1.64. The van der Waals surface area contributed by atoms with E-state index < -0.39 is 0 Å². The lowest BCUT2D eigenvalue weighted by molar-refractivity contribution is 1.18. The average Bonchev–Trinajstić information content (AvgIpc) is 3.32. The molecule has 5 rings (SSSR count). The zero-order chi connectivity index (χ0) is 28.1. The molecule has 0 amide bonds. The maximum Gasteiger partial charge on any atom is 0.0619 e. The van der Waals surface area contributed by atoms with Crippen molar-refractivity contribution >= 4 is 44.5 Å². The summed E-state index contributed by atoms with van der Waals surface area (Å²) < 4.78 is 2.38. The molecular weight excluding hydrogens is 486 g/mol. The Hall–Kier alpha value is -5.15. The van der Waals surface area contributed by atoms with Crippen LogP contribution in [0.4, 0.5) is 0 Å². The first kappa shape index (κ1) is 26.5. The van der Waals surface area contributed by atoms with Crippen LogP contribution in [0.1, 0.15) is 18.1 Å². The van der Waals surface area contributed by atoms with E-state index in [2.05, 4.69) is 103 Å². The zero-order valence-corrected chi connectivity index (χ0v) is 22.8. The number of hydrogen-bond donors (Lipinski definition) is 2. The molecule has 0 bridgehead atoms. The van der Waals surface area contributed by atoms with E-state index in [4.69, 9.17) is 11.1 Å². The highest BCUT2D eigenvalue weighted by atomic mass is 15.0. The molecular formula is C37H33N3. The van der Waals surface area contributed by atoms with Crippen LogP contribution in [-0.4, -0.2) is 10.8 Å². The van der Waals surface area contributed by atoms with Crippen molar-refractivity contribution in [1.82, 2.24) is 4.57 Å². The van der Waals surface area contributed by atoms with Crippen LogP contribution in [0.2, 0.25) is 0 Å². The average molecular weight is 520 g/mol. The molecule has 4 aromatic carbocycles. The molecule has 3 nitrogen and oxygen atoms in total. The molecule has 3 N–H and O–H groups in total. The van der Waals surface area contributed by atoms with E-state index in [1.54, 1.807) is 12.2 Å². The molecule has 3 heteroatoms. The number of rotatable bonds is 9. The second-order valence-corrected chi connectivity index (χ2v) is 9.75. The van der Waals surface area contributed by atoms with Gasteiger partial charge in [-0.3, -0.25) is 0 Å². The van der Waals surface area contributed by atoms with E-state index in [9.17, 15) is 0 Å². The highest BCUT2D eigenvalue weighted by molar-refractivity contribution is 6.18. The van der Waals surface area contributed by atoms with Crippen LogP contribution in [0.15, 0.2) is 146 Å². The second kappa shape index (κ2) is 11.7. The van der Waals surface area contributed by atoms with Crippen LogP contribution >= 0.6 is 0 Å². The molecule has 1 aromatic heterocycles. The van der Waals surface area contributed by atoms with Gasteiger partial charge in [0.1, 0.15) is 0 Å². The monoisotopic (exact) mass is 519 g/mol. The van der Waals surface area contributed by atoms with Crippen LogP contribution in [0.5, 0.6) is 0 Å². The lowest BCUT2D eigenvalue weighted by Crippen LogP contribution is -1.97. The minimum absolute atomic E-state index is 0.749. The number of nitrogens with one attached hydrogen (secondary N) is 1. The summed E-state index contributed by atoms with van der Waals surface area (Å²) in [4.78, 5) is 0. The summed E-state index contributed by atoms with van der Waals surface area (Å²) in [6, 6.07) is 28.2. The Kier molecular flexibility index (Phi) is 7.75. The SMILES string of the molecule is C=C(/C=C\C=N)C(=C)/C=C\Cc1ccc2c3ccc4cc(/C(N)=C/C=C\C)ccc4c3n(-c3ccccc3)c2c1. The van der Waals surface area contributed by atoms with E-state index in [0.29, 0.717) is 0 Å². The Morgan fingerprint density at radius 1 is 0.850 bits per heavy atom. The molecule has 0 radical (unpaired) electrons. The Morgan fingerprint density at radius 3 is 2.38 bits per heavy atom. The largest absolute Gasteiger partial charge is 0.398 e. The van der Waals surface area contributed by atoms with E-state index in [-0.39, 0.29) is 0 Å². The van der Waals surface area contributed by atoms with Gasteiger partial charge >= 0.3 is 0 Å². The highest BCUT2D eigenvalue weighted by Crippen LogP contribution is 2.37. The van der Waals surface area contributed by atoms with Gasteiger partial charge in [0, 0.05) is 33.8 Å². The molecule has 1 heterocycles. The van der Waals surface area contributed by atoms with Gasteiger partial charge in [-0.05, 0) is 77.4 Å². The topological polar surface area (TPSA) is 54.8 Å². The summed E-state index contributed by atoms with van der Waals surface area (Å²) in [5.74, 6) is 0. The molecule has 0 atom stereocenters. The Bertz CT molecular complexity index is 1880. The molecule has 0 saturated heterocycles. The minimum Gasteiger partial charge on any atom is -0.398 e. The third-order valence-corrected chi connectivity index (χ3v) is 7.10. The van der Waals surface area contributed by atoms with Crippen molar-refractivity contribution in [3.8, 4) is 5.69 Å². The fourth-order valence-corrected chi connectivity index (χ4v) is 5.05. The number of benzene rings is 4. The summed E-state index contributed by atoms with van der Waals surface area (Å²) in [6.07, 6.45) is 15.4. The van der Waals surface area contributed by atoms with Crippen LogP contribution in [0.3, 0.4) is 0 Å². The fourth-order valence-electron chi connectivity index (χ4n) is 5.05. The van der Waals surface area contributed by atoms with Gasteiger partial charge in [-0.1, -0.05) is 98.1 Å². The fraction of sp³-hybridized carbons (Fsp3) is 0.0541. The van der Waals surface area contributed by atoms with E-state index in [1.807, 2.05) is 31.2 Å². The van der Waals surface area contributed by atoms with Gasteiger partial charge in [0.25, 0.3) is 0 Å². The molecule has 196 valence electrons. The number of nitrogens with two attached hydrogens (primary N) is 1. The van der Waals surface area contributed by atoms with Gasteiger partial charge in [-0.15, -0.1) is 0 Å². The lowest BCUT2D eigenvalue weighted by atomic mass is 10.0. The Labute approximate surface area is 235 Å². The van der Waals surface area contributed by atoms with Crippen molar-refractivity contribution in [3.63, 3.8) is 0 Å². The van der Waals surface area contributed by atoms with Crippen molar-refractivity contribution in [2.24, 2.45) is 5.73 Å². The van der Waals surface area contributed by atoms with Gasteiger partial charge in [0.2, 0.25) is 0 Å². The van der Waals surface area contributed by atoms with E-state index in [1.165, 1.54) is 39.0 Å². The third-order valence-electron chi connectivity index (χ3n) is 7.10. The maximum atomic E-state index is 7.15. The quantitative estimate of drug-likeness (QED) is 0.148. The number of aromatic nitrogens is 1. The highest BCUT2D eigenvalue weighted by Gasteiger charge is 2.16. The van der Waals surface area contributed by atoms with Crippen LogP contribution in [-0.2, 0) is 6.42 Å². The normalized spacial score (nSPS) is 12.5. The molecule has 0 saturated carbocycles. The van der Waals surface area contributed by atoms with Gasteiger partial charge < -0.3 is 15.7 Å². The van der Waals surface area contributed by atoms with E-state index in [0.717, 1.165) is 39.9 Å². The van der Waals surface area contributed by atoms with Crippen molar-refractivity contribution in [2.45, 2.75) is 13.3 Å². The number of para-hydroxylation sites is 1. The molecule has 0 spiro atoms. The van der Waals surface area contributed by atoms with Crippen molar-refractivity contribution in [3.05, 3.63) is 157 Å². The molecule has 0 aliphatic heterocycles. The molecule has 0 aliphatic carbocycles. The molecule has 5 aromatic rings. The number of allylic oxidation sites excluding steroid dienone is 9. The van der Waals surface area contributed by atoms with Gasteiger partial charge in [-0.25, -0.2) is 0 Å². The number of fused-ring (bicyclic) bond motifs is 5. The van der Waals surface area contributed by atoms with Gasteiger partial charge in [0.05, 0.1) is 11.0 Å². The first-order chi connectivity index (χ1) is 19.5. The molecule has 40 heavy (non-hydrogen) atoms. The minimum atomic E-state index is 0.749. The van der Waals surface area contributed by atoms with Crippen molar-refractivity contribution in [2.75, 3.05) is 0 Å². The predicted octanol–water partition coefficient (Wildman–Crippen LogP) is 9.23. The number of hydrogen-bond acceptors (Lipinski definition) is 2. The first-order valence-corrected chi connectivity index (χ1v) is 13.4. The molecule has 0 fully saturated rings. The summed E-state index contributed by atoms with van der Waals surface area (Å²) in [5.41, 5.74) is 14.5. The van der Waals surface area contributed by atoms with Gasteiger partial charge in [-0.2, -0.15) is 0 Å². The van der Waals surface area contributed by atoms with Crippen LogP contribution < -0.4 is 5.73 Å². The predicted molar refractivity (Wildman–Crippen MR) is 174 cm³/mol. The van der Waals surface area contributed by atoms with Crippen molar-refractivity contribution in [1.29, 1.82) is 5.41 Å². The van der Waals surface area contributed by atoms with Crippen LogP contribution in [0, 0.1) is 5.41 Å². The van der Waals surface area contributed by atoms with E-state index >= 15 is 0 Å². The maximum absolute atomic E-state index is 7.15. The smallest absolute Gasteiger partial charge is 0.0619 e. The number of nitrogens with zero attached hydrogens (tertiary/aromatic N) is 1. The summed E-state index contributed by atoms with van der Waals surface area (Å²) in [5, 5.41) is 11.9. The standard InChI is InChI=1S/C37H33N3/c1-4-5-16-35(39)30-19-21-32-29(25-30)18-22-34-33-20-17-28(13-9-11-26(2)27(3)12-10-23-38)24-36(33)40(37(32)34)31-14-7-6-8-15-31/h4-12,14-25,38H,2-3,13,39H2,1H3/b5-4-,11-9-,12-10-,35-16-,38-23?. The van der Waals surface area contributed by atoms with Gasteiger partial charge in [0.15, 0.2) is 0 Å². The van der Waals surface area contributed by atoms with Crippen LogP contribution in [0.25, 0.3) is 44.0 Å². The molecule has 0 unspecified atom stereocenters. The second-order valence-electron chi connectivity index (χ2n) is 9.75. The lowest BCUT2D eigenvalue weighted by Gasteiger charge is -2.11. The summed E-state index contributed by atoms with van der Waals surface area (Å²) in [6.45, 7) is 10.1. The Morgan fingerprint density at radius 2 is 1.60 bits per heavy atom. The third kappa shape index (κ3) is 5.23. The molecule has 0 aliphatic rings. The zero-order valence-electron chi connectivity index (χ0n) is 22.8. The van der Waals surface area contributed by atoms with Crippen molar-refractivity contribution < 1.29 is 0 Å². The summed E-state index contributed by atoms with van der Waals surface area (Å²) >= 11 is 0.